The van der Waals surface area contributed by atoms with Crippen molar-refractivity contribution in [3.8, 4) is 0 Å². The Kier molecular flexibility index (Phi) is 2.81. The second-order valence-corrected chi connectivity index (χ2v) is 8.51. The van der Waals surface area contributed by atoms with Crippen LogP contribution in [0.15, 0.2) is 24.3 Å². The van der Waals surface area contributed by atoms with Crippen molar-refractivity contribution in [2.75, 3.05) is 12.8 Å². The van der Waals surface area contributed by atoms with Gasteiger partial charge >= 0.3 is 0 Å². The summed E-state index contributed by atoms with van der Waals surface area (Å²) in [6, 6.07) is 8.18. The number of hydrogen-bond donors (Lipinski definition) is 1. The zero-order valence-corrected chi connectivity index (χ0v) is 12.2. The van der Waals surface area contributed by atoms with Crippen molar-refractivity contribution < 1.29 is 8.42 Å². The van der Waals surface area contributed by atoms with E-state index in [0.717, 1.165) is 31.2 Å². The summed E-state index contributed by atoms with van der Waals surface area (Å²) >= 11 is 0. The zero-order chi connectivity index (χ0) is 13.7. The highest BCUT2D eigenvalue weighted by atomic mass is 32.2. The maximum Gasteiger partial charge on any atom is 0.157 e. The Morgan fingerprint density at radius 2 is 1.58 bits per heavy atom. The van der Waals surface area contributed by atoms with Crippen LogP contribution in [0.2, 0.25) is 0 Å². The average molecular weight is 279 g/mol. The number of sulfone groups is 1. The smallest absolute Gasteiger partial charge is 0.157 e. The summed E-state index contributed by atoms with van der Waals surface area (Å²) in [4.78, 5) is 0. The number of benzene rings is 1. The first-order valence-corrected chi connectivity index (χ1v) is 8.83. The highest BCUT2D eigenvalue weighted by molar-refractivity contribution is 7.92. The normalized spacial score (nSPS) is 23.7. The third kappa shape index (κ3) is 1.84. The lowest BCUT2D eigenvalue weighted by molar-refractivity contribution is 0.253. The lowest BCUT2D eigenvalue weighted by Gasteiger charge is -2.41. The van der Waals surface area contributed by atoms with Crippen LogP contribution in [0, 0.1) is 0 Å². The Hall–Kier alpha value is -0.870. The van der Waals surface area contributed by atoms with Crippen LogP contribution in [0.25, 0.3) is 0 Å². The molecule has 2 aliphatic carbocycles. The van der Waals surface area contributed by atoms with Gasteiger partial charge in [0, 0.05) is 18.2 Å². The van der Waals surface area contributed by atoms with Gasteiger partial charge in [0.15, 0.2) is 9.84 Å². The van der Waals surface area contributed by atoms with Crippen LogP contribution < -0.4 is 5.73 Å². The van der Waals surface area contributed by atoms with Crippen molar-refractivity contribution in [3.63, 3.8) is 0 Å². The van der Waals surface area contributed by atoms with Crippen LogP contribution in [0.1, 0.15) is 43.2 Å². The van der Waals surface area contributed by atoms with Gasteiger partial charge in [0.25, 0.3) is 0 Å². The summed E-state index contributed by atoms with van der Waals surface area (Å²) in [7, 11) is -3.01. The summed E-state index contributed by atoms with van der Waals surface area (Å²) in [5.74, 6) is 0. The number of rotatable bonds is 4. The molecule has 0 spiro atoms. The Labute approximate surface area is 115 Å². The van der Waals surface area contributed by atoms with E-state index in [1.165, 1.54) is 18.2 Å². The first-order valence-electron chi connectivity index (χ1n) is 6.94. The molecule has 0 bridgehead atoms. The highest BCUT2D eigenvalue weighted by Crippen LogP contribution is 2.53. The second-order valence-electron chi connectivity index (χ2n) is 6.18. The molecule has 1 aromatic rings. The van der Waals surface area contributed by atoms with Gasteiger partial charge in [0.2, 0.25) is 0 Å². The summed E-state index contributed by atoms with van der Waals surface area (Å²) in [6.45, 7) is 0.684. The largest absolute Gasteiger partial charge is 0.330 e. The minimum Gasteiger partial charge on any atom is -0.330 e. The molecule has 2 saturated carbocycles. The molecule has 0 atom stereocenters. The molecule has 0 aromatic heterocycles. The standard InChI is InChI=1S/C15H21NO2S/c1-19(17,18)15(9-10-15)13-5-3-12(4-6-13)14(11-16)7-2-8-14/h3-6H,2,7-11,16H2,1H3. The molecule has 0 saturated heterocycles. The van der Waals surface area contributed by atoms with E-state index in [4.69, 9.17) is 5.73 Å². The fraction of sp³-hybridized carbons (Fsp3) is 0.600. The lowest BCUT2D eigenvalue weighted by Crippen LogP contribution is -2.41. The van der Waals surface area contributed by atoms with E-state index in [0.29, 0.717) is 6.54 Å². The summed E-state index contributed by atoms with van der Waals surface area (Å²) in [5, 5.41) is 0. The van der Waals surface area contributed by atoms with Crippen molar-refractivity contribution in [3.05, 3.63) is 35.4 Å². The molecule has 1 aromatic carbocycles. The van der Waals surface area contributed by atoms with Crippen LogP contribution in [0.3, 0.4) is 0 Å². The molecule has 2 fully saturated rings. The first-order chi connectivity index (χ1) is 8.94. The Morgan fingerprint density at radius 3 is 1.89 bits per heavy atom. The third-order valence-corrected chi connectivity index (χ3v) is 7.20. The summed E-state index contributed by atoms with van der Waals surface area (Å²) < 4.78 is 23.2. The van der Waals surface area contributed by atoms with Crippen LogP contribution >= 0.6 is 0 Å². The Bertz CT molecular complexity index is 576. The summed E-state index contributed by atoms with van der Waals surface area (Å²) in [6.07, 6.45) is 6.41. The predicted molar refractivity (Wildman–Crippen MR) is 76.8 cm³/mol. The topological polar surface area (TPSA) is 60.2 Å². The van der Waals surface area contributed by atoms with E-state index in [1.54, 1.807) is 0 Å². The van der Waals surface area contributed by atoms with Crippen LogP contribution in [0.5, 0.6) is 0 Å². The molecule has 3 rings (SSSR count). The molecule has 2 N–H and O–H groups in total. The van der Waals surface area contributed by atoms with Crippen LogP contribution in [-0.4, -0.2) is 21.2 Å². The molecule has 0 aliphatic heterocycles. The fourth-order valence-electron chi connectivity index (χ4n) is 3.33. The molecule has 0 unspecified atom stereocenters. The molecule has 2 aliphatic rings. The monoisotopic (exact) mass is 279 g/mol. The average Bonchev–Trinajstić information content (AvgIpc) is 3.09. The van der Waals surface area contributed by atoms with Crippen molar-refractivity contribution in [1.29, 1.82) is 0 Å². The van der Waals surface area contributed by atoms with E-state index in [-0.39, 0.29) is 5.41 Å². The number of hydrogen-bond acceptors (Lipinski definition) is 3. The SMILES string of the molecule is CS(=O)(=O)C1(c2ccc(C3(CN)CCC3)cc2)CC1. The van der Waals surface area contributed by atoms with Gasteiger partial charge in [-0.3, -0.25) is 0 Å². The third-order valence-electron chi connectivity index (χ3n) is 5.14. The van der Waals surface area contributed by atoms with E-state index in [2.05, 4.69) is 12.1 Å². The minimum absolute atomic E-state index is 0.153. The summed E-state index contributed by atoms with van der Waals surface area (Å²) in [5.41, 5.74) is 8.29. The van der Waals surface area contributed by atoms with Crippen molar-refractivity contribution in [1.82, 2.24) is 0 Å². The van der Waals surface area contributed by atoms with Crippen LogP contribution in [0.4, 0.5) is 0 Å². The number of nitrogens with two attached hydrogens (primary N) is 1. The minimum atomic E-state index is -3.01. The van der Waals surface area contributed by atoms with Gasteiger partial charge in [-0.25, -0.2) is 8.42 Å². The molecule has 0 amide bonds. The Balaban J connectivity index is 1.92. The van der Waals surface area contributed by atoms with E-state index < -0.39 is 14.6 Å². The molecule has 4 heteroatoms. The Morgan fingerprint density at radius 1 is 1.05 bits per heavy atom. The van der Waals surface area contributed by atoms with Gasteiger partial charge in [-0.2, -0.15) is 0 Å². The molecule has 0 radical (unpaired) electrons. The molecular formula is C15H21NO2S. The molecule has 104 valence electrons. The molecule has 3 nitrogen and oxygen atoms in total. The van der Waals surface area contributed by atoms with Gasteiger partial charge in [-0.15, -0.1) is 0 Å². The van der Waals surface area contributed by atoms with Gasteiger partial charge in [-0.05, 0) is 36.8 Å². The van der Waals surface area contributed by atoms with Gasteiger partial charge in [0.05, 0.1) is 4.75 Å². The quantitative estimate of drug-likeness (QED) is 0.918. The van der Waals surface area contributed by atoms with Gasteiger partial charge < -0.3 is 5.73 Å². The molecule has 19 heavy (non-hydrogen) atoms. The van der Waals surface area contributed by atoms with Crippen LogP contribution in [-0.2, 0) is 20.0 Å². The molecule has 0 heterocycles. The zero-order valence-electron chi connectivity index (χ0n) is 11.4. The molecular weight excluding hydrogens is 258 g/mol. The van der Waals surface area contributed by atoms with Crippen molar-refractivity contribution in [2.24, 2.45) is 5.73 Å². The maximum absolute atomic E-state index is 11.9. The van der Waals surface area contributed by atoms with Gasteiger partial charge in [-0.1, -0.05) is 30.7 Å². The van der Waals surface area contributed by atoms with Gasteiger partial charge in [0.1, 0.15) is 0 Å². The fourth-order valence-corrected chi connectivity index (χ4v) is 4.74. The van der Waals surface area contributed by atoms with E-state index in [1.807, 2.05) is 12.1 Å². The van der Waals surface area contributed by atoms with E-state index in [9.17, 15) is 8.42 Å². The van der Waals surface area contributed by atoms with Crippen molar-refractivity contribution >= 4 is 9.84 Å². The van der Waals surface area contributed by atoms with E-state index >= 15 is 0 Å². The highest BCUT2D eigenvalue weighted by Gasteiger charge is 2.53. The van der Waals surface area contributed by atoms with Crippen molar-refractivity contribution in [2.45, 2.75) is 42.3 Å². The lowest BCUT2D eigenvalue weighted by atomic mass is 9.64. The second kappa shape index (κ2) is 4.06. The predicted octanol–water partition coefficient (Wildman–Crippen LogP) is 2.10. The maximum atomic E-state index is 11.9. The first kappa shape index (κ1) is 13.1.